The summed E-state index contributed by atoms with van der Waals surface area (Å²) < 4.78 is 31.1. The Kier molecular flexibility index (Phi) is 9.35. The molecule has 0 radical (unpaired) electrons. The van der Waals surface area contributed by atoms with Gasteiger partial charge in [-0.15, -0.1) is 5.06 Å². The summed E-state index contributed by atoms with van der Waals surface area (Å²) in [6.07, 6.45) is 3.76. The molecular weight excluding hydrogens is 504 g/mol. The number of rotatable bonds is 13. The lowest BCUT2D eigenvalue weighted by atomic mass is 10.0. The number of unbranched alkanes of at least 4 members (excludes halogenated alkanes) is 3. The van der Waals surface area contributed by atoms with Gasteiger partial charge in [-0.2, -0.15) is 20.2 Å². The number of nitrogens with one attached hydrogen (secondary N) is 3. The van der Waals surface area contributed by atoms with E-state index in [4.69, 9.17) is 4.55 Å². The van der Waals surface area contributed by atoms with E-state index < -0.39 is 39.6 Å². The first-order chi connectivity index (χ1) is 16.6. The first kappa shape index (κ1) is 27.2. The van der Waals surface area contributed by atoms with Crippen molar-refractivity contribution in [2.24, 2.45) is 0 Å². The molecule has 3 fully saturated rings. The van der Waals surface area contributed by atoms with Gasteiger partial charge in [-0.3, -0.25) is 18.9 Å². The zero-order valence-electron chi connectivity index (χ0n) is 19.1. The van der Waals surface area contributed by atoms with Crippen LogP contribution in [-0.4, -0.2) is 82.6 Å². The first-order valence-electron chi connectivity index (χ1n) is 11.6. The number of fused-ring (bicyclic) bond motifs is 1. The average Bonchev–Trinajstić information content (AvgIpc) is 3.41. The molecule has 15 heteroatoms. The number of nitrogens with zero attached hydrogens (tertiary/aromatic N) is 1. The van der Waals surface area contributed by atoms with Crippen LogP contribution in [0.5, 0.6) is 0 Å². The topological polar surface area (TPSA) is 188 Å². The third-order valence-corrected chi connectivity index (χ3v) is 8.67. The maximum atomic E-state index is 12.0. The van der Waals surface area contributed by atoms with Gasteiger partial charge < -0.3 is 20.8 Å². The van der Waals surface area contributed by atoms with Gasteiger partial charge in [-0.05, 0) is 25.7 Å². The van der Waals surface area contributed by atoms with E-state index in [2.05, 4.69) is 20.8 Å². The number of thioether (sulfide) groups is 1. The SMILES string of the molecule is O=C(CCCC[C@H]1SC[C@H]2NC(=O)N[C@@H]21)NCCCCCC(=O)ON1C(=O)CC(S(=O)(=O)O)C1=O. The lowest BCUT2D eigenvalue weighted by molar-refractivity contribution is -0.197. The molecule has 3 saturated heterocycles. The van der Waals surface area contributed by atoms with E-state index in [-0.39, 0.29) is 35.5 Å². The highest BCUT2D eigenvalue weighted by molar-refractivity contribution is 8.00. The number of amides is 5. The molecule has 0 bridgehead atoms. The molecule has 3 rings (SSSR count). The van der Waals surface area contributed by atoms with Crippen molar-refractivity contribution < 1.29 is 41.8 Å². The average molecular weight is 535 g/mol. The van der Waals surface area contributed by atoms with Gasteiger partial charge in [0.25, 0.3) is 21.9 Å². The van der Waals surface area contributed by atoms with Crippen LogP contribution in [0.15, 0.2) is 0 Å². The Morgan fingerprint density at radius 1 is 1.09 bits per heavy atom. The van der Waals surface area contributed by atoms with E-state index in [0.29, 0.717) is 37.5 Å². The van der Waals surface area contributed by atoms with E-state index in [1.165, 1.54) is 0 Å². The van der Waals surface area contributed by atoms with Gasteiger partial charge >= 0.3 is 12.0 Å². The van der Waals surface area contributed by atoms with Crippen LogP contribution in [-0.2, 0) is 34.1 Å². The van der Waals surface area contributed by atoms with Gasteiger partial charge in [0.1, 0.15) is 0 Å². The summed E-state index contributed by atoms with van der Waals surface area (Å²) in [5, 5.41) is 7.20. The molecule has 1 unspecified atom stereocenters. The minimum Gasteiger partial charge on any atom is -0.356 e. The Labute approximate surface area is 207 Å². The number of carbonyl (C=O) groups excluding carboxylic acids is 5. The summed E-state index contributed by atoms with van der Waals surface area (Å²) in [5.74, 6) is -2.30. The van der Waals surface area contributed by atoms with Crippen molar-refractivity contribution in [3.63, 3.8) is 0 Å². The Hall–Kier alpha value is -2.39. The van der Waals surface area contributed by atoms with Gasteiger partial charge in [0.2, 0.25) is 5.91 Å². The van der Waals surface area contributed by atoms with Crippen LogP contribution in [0.1, 0.15) is 57.8 Å². The van der Waals surface area contributed by atoms with E-state index in [0.717, 1.165) is 25.0 Å². The Balaban J connectivity index is 1.19. The second-order valence-corrected chi connectivity index (χ2v) is 11.6. The first-order valence-corrected chi connectivity index (χ1v) is 14.1. The molecule has 3 aliphatic rings. The fourth-order valence-corrected chi connectivity index (χ4v) is 6.47. The molecule has 13 nitrogen and oxygen atoms in total. The van der Waals surface area contributed by atoms with Crippen LogP contribution < -0.4 is 16.0 Å². The minimum absolute atomic E-state index is 0.0448. The zero-order valence-corrected chi connectivity index (χ0v) is 20.7. The van der Waals surface area contributed by atoms with Crippen molar-refractivity contribution in [2.45, 2.75) is 80.4 Å². The van der Waals surface area contributed by atoms with Gasteiger partial charge in [-0.25, -0.2) is 9.59 Å². The fourth-order valence-electron chi connectivity index (χ4n) is 4.22. The minimum atomic E-state index is -4.76. The maximum absolute atomic E-state index is 12.0. The smallest absolute Gasteiger partial charge is 0.333 e. The van der Waals surface area contributed by atoms with E-state index in [1.807, 2.05) is 11.8 Å². The molecule has 0 aliphatic carbocycles. The predicted molar refractivity (Wildman–Crippen MR) is 123 cm³/mol. The third-order valence-electron chi connectivity index (χ3n) is 6.08. The standard InChI is InChI=1S/C20H30N4O9S2/c25-15(7-4-3-6-13-18-12(11-34-13)22-20(29)23-18)21-9-5-1-2-8-17(27)33-24-16(26)10-14(19(24)28)35(30,31)32/h12-14,18H,1-11H2,(H,21,25)(H2,22,23,29)(H,30,31,32)/t12-,13-,14?,18+/m1/s1. The highest BCUT2D eigenvalue weighted by Crippen LogP contribution is 2.33. The number of urea groups is 1. The van der Waals surface area contributed by atoms with E-state index in [1.54, 1.807) is 0 Å². The van der Waals surface area contributed by atoms with Gasteiger partial charge in [-0.1, -0.05) is 12.8 Å². The van der Waals surface area contributed by atoms with Crippen molar-refractivity contribution in [1.29, 1.82) is 0 Å². The Morgan fingerprint density at radius 2 is 1.83 bits per heavy atom. The van der Waals surface area contributed by atoms with Crippen LogP contribution in [0.25, 0.3) is 0 Å². The fraction of sp³-hybridized carbons (Fsp3) is 0.750. The van der Waals surface area contributed by atoms with Crippen molar-refractivity contribution in [3.8, 4) is 0 Å². The Bertz CT molecular complexity index is 958. The summed E-state index contributed by atoms with van der Waals surface area (Å²) >= 11 is 1.85. The molecule has 0 aromatic heterocycles. The van der Waals surface area contributed by atoms with Gasteiger partial charge in [0.15, 0.2) is 5.25 Å². The number of imide groups is 1. The van der Waals surface area contributed by atoms with Crippen LogP contribution in [0.2, 0.25) is 0 Å². The zero-order chi connectivity index (χ0) is 25.6. The third kappa shape index (κ3) is 7.54. The molecule has 196 valence electrons. The van der Waals surface area contributed by atoms with Crippen molar-refractivity contribution >= 4 is 51.6 Å². The molecule has 0 aromatic carbocycles. The molecule has 35 heavy (non-hydrogen) atoms. The highest BCUT2D eigenvalue weighted by Gasteiger charge is 2.48. The Morgan fingerprint density at radius 3 is 2.54 bits per heavy atom. The van der Waals surface area contributed by atoms with Gasteiger partial charge in [0, 0.05) is 30.4 Å². The second kappa shape index (κ2) is 12.0. The summed E-state index contributed by atoms with van der Waals surface area (Å²) in [6, 6.07) is 0.265. The summed E-state index contributed by atoms with van der Waals surface area (Å²) in [5.41, 5.74) is 0. The van der Waals surface area contributed by atoms with Crippen molar-refractivity contribution in [1.82, 2.24) is 21.0 Å². The van der Waals surface area contributed by atoms with Gasteiger partial charge in [0.05, 0.1) is 18.5 Å². The molecule has 5 amide bonds. The molecule has 0 spiro atoms. The van der Waals surface area contributed by atoms with E-state index in [9.17, 15) is 32.4 Å². The summed E-state index contributed by atoms with van der Waals surface area (Å²) in [4.78, 5) is 63.3. The normalized spacial score (nSPS) is 25.9. The number of hydrogen-bond acceptors (Lipinski definition) is 9. The summed E-state index contributed by atoms with van der Waals surface area (Å²) in [7, 11) is -4.76. The monoisotopic (exact) mass is 534 g/mol. The molecule has 0 saturated carbocycles. The molecule has 4 atom stereocenters. The highest BCUT2D eigenvalue weighted by atomic mass is 32.2. The van der Waals surface area contributed by atoms with Crippen molar-refractivity contribution in [2.75, 3.05) is 12.3 Å². The number of hydroxylamine groups is 2. The van der Waals surface area contributed by atoms with Crippen molar-refractivity contribution in [3.05, 3.63) is 0 Å². The number of hydrogen-bond donors (Lipinski definition) is 4. The van der Waals surface area contributed by atoms with Crippen LogP contribution >= 0.6 is 11.8 Å². The molecule has 4 N–H and O–H groups in total. The summed E-state index contributed by atoms with van der Waals surface area (Å²) in [6.45, 7) is 0.451. The lowest BCUT2D eigenvalue weighted by Crippen LogP contribution is -2.36. The van der Waals surface area contributed by atoms with Crippen LogP contribution in [0.4, 0.5) is 4.79 Å². The van der Waals surface area contributed by atoms with Crippen LogP contribution in [0.3, 0.4) is 0 Å². The van der Waals surface area contributed by atoms with Crippen LogP contribution in [0, 0.1) is 0 Å². The predicted octanol–water partition coefficient (Wildman–Crippen LogP) is -0.138. The maximum Gasteiger partial charge on any atom is 0.333 e. The molecular formula is C20H30N4O9S2. The number of carbonyl (C=O) groups is 5. The molecule has 3 heterocycles. The largest absolute Gasteiger partial charge is 0.356 e. The second-order valence-electron chi connectivity index (χ2n) is 8.73. The lowest BCUT2D eigenvalue weighted by Gasteiger charge is -2.16. The molecule has 0 aromatic rings. The quantitative estimate of drug-likeness (QED) is 0.107. The van der Waals surface area contributed by atoms with E-state index >= 15 is 0 Å². The molecule has 3 aliphatic heterocycles.